The van der Waals surface area contributed by atoms with Crippen LogP contribution in [0.1, 0.15) is 38.1 Å². The van der Waals surface area contributed by atoms with E-state index in [2.05, 4.69) is 29.0 Å². The molecule has 0 N–H and O–H groups in total. The van der Waals surface area contributed by atoms with Crippen LogP contribution in [0.4, 0.5) is 5.82 Å². The van der Waals surface area contributed by atoms with Crippen LogP contribution in [0.5, 0.6) is 0 Å². The van der Waals surface area contributed by atoms with Crippen LogP contribution in [-0.4, -0.2) is 60.3 Å². The standard InChI is InChI=1S/C20H30N4OS/c1-14(2)11-16-13-26-20-18(16)19(21-15(3)22-20)24-8-6-23(7-9-24)12-17-5-4-10-25-17/h13-14,17H,4-12H2,1-3H3. The number of thiophene rings is 1. The predicted octanol–water partition coefficient (Wildman–Crippen LogP) is 3.50. The molecule has 0 radical (unpaired) electrons. The van der Waals surface area contributed by atoms with E-state index >= 15 is 0 Å². The lowest BCUT2D eigenvalue weighted by Gasteiger charge is -2.36. The molecule has 0 aromatic carbocycles. The maximum Gasteiger partial charge on any atom is 0.141 e. The monoisotopic (exact) mass is 374 g/mol. The molecule has 142 valence electrons. The van der Waals surface area contributed by atoms with Gasteiger partial charge in [-0.1, -0.05) is 13.8 Å². The second-order valence-corrected chi connectivity index (χ2v) is 8.91. The zero-order valence-electron chi connectivity index (χ0n) is 16.2. The molecular weight excluding hydrogens is 344 g/mol. The molecule has 6 heteroatoms. The fourth-order valence-corrected chi connectivity index (χ4v) is 5.12. The molecule has 2 saturated heterocycles. The lowest BCUT2D eigenvalue weighted by molar-refractivity contribution is 0.0712. The van der Waals surface area contributed by atoms with Gasteiger partial charge in [-0.05, 0) is 43.0 Å². The van der Waals surface area contributed by atoms with Crippen LogP contribution in [0, 0.1) is 12.8 Å². The molecule has 0 aliphatic carbocycles. The minimum absolute atomic E-state index is 0.448. The minimum atomic E-state index is 0.448. The van der Waals surface area contributed by atoms with Gasteiger partial charge >= 0.3 is 0 Å². The molecule has 2 aromatic rings. The summed E-state index contributed by atoms with van der Waals surface area (Å²) in [6, 6.07) is 0. The van der Waals surface area contributed by atoms with E-state index < -0.39 is 0 Å². The molecule has 2 aromatic heterocycles. The summed E-state index contributed by atoms with van der Waals surface area (Å²) in [7, 11) is 0. The van der Waals surface area contributed by atoms with Gasteiger partial charge in [0.1, 0.15) is 16.5 Å². The molecule has 0 amide bonds. The van der Waals surface area contributed by atoms with Gasteiger partial charge in [0.15, 0.2) is 0 Å². The Kier molecular flexibility index (Phi) is 5.43. The Morgan fingerprint density at radius 2 is 2.04 bits per heavy atom. The van der Waals surface area contributed by atoms with E-state index in [9.17, 15) is 0 Å². The van der Waals surface area contributed by atoms with Gasteiger partial charge in [-0.2, -0.15) is 0 Å². The van der Waals surface area contributed by atoms with Gasteiger partial charge in [-0.25, -0.2) is 9.97 Å². The third-order valence-electron chi connectivity index (χ3n) is 5.39. The van der Waals surface area contributed by atoms with Crippen LogP contribution >= 0.6 is 11.3 Å². The van der Waals surface area contributed by atoms with Crippen molar-refractivity contribution in [1.82, 2.24) is 14.9 Å². The molecule has 2 fully saturated rings. The highest BCUT2D eigenvalue weighted by Gasteiger charge is 2.25. The Hall–Kier alpha value is -1.24. The van der Waals surface area contributed by atoms with Crippen molar-refractivity contribution >= 4 is 27.4 Å². The number of aromatic nitrogens is 2. The summed E-state index contributed by atoms with van der Waals surface area (Å²) in [5.41, 5.74) is 1.41. The SMILES string of the molecule is Cc1nc(N2CCN(CC3CCCO3)CC2)c2c(CC(C)C)csc2n1. The number of fused-ring (bicyclic) bond motifs is 1. The number of ether oxygens (including phenoxy) is 1. The number of hydrogen-bond acceptors (Lipinski definition) is 6. The van der Waals surface area contributed by atoms with Crippen LogP contribution in [0.3, 0.4) is 0 Å². The van der Waals surface area contributed by atoms with Gasteiger partial charge in [0.25, 0.3) is 0 Å². The first-order chi connectivity index (χ1) is 12.6. The summed E-state index contributed by atoms with van der Waals surface area (Å²) in [4.78, 5) is 15.7. The minimum Gasteiger partial charge on any atom is -0.377 e. The zero-order chi connectivity index (χ0) is 18.1. The topological polar surface area (TPSA) is 41.5 Å². The molecule has 1 unspecified atom stereocenters. The van der Waals surface area contributed by atoms with Crippen molar-refractivity contribution in [2.75, 3.05) is 44.2 Å². The highest BCUT2D eigenvalue weighted by atomic mass is 32.1. The maximum absolute atomic E-state index is 5.81. The lowest BCUT2D eigenvalue weighted by Crippen LogP contribution is -2.48. The molecule has 1 atom stereocenters. The van der Waals surface area contributed by atoms with E-state index in [0.717, 1.165) is 62.2 Å². The maximum atomic E-state index is 5.81. The predicted molar refractivity (Wildman–Crippen MR) is 108 cm³/mol. The van der Waals surface area contributed by atoms with Crippen LogP contribution < -0.4 is 4.90 Å². The fraction of sp³-hybridized carbons (Fsp3) is 0.700. The summed E-state index contributed by atoms with van der Waals surface area (Å²) in [6.07, 6.45) is 3.99. The number of nitrogens with zero attached hydrogens (tertiary/aromatic N) is 4. The van der Waals surface area contributed by atoms with E-state index in [1.54, 1.807) is 11.3 Å². The zero-order valence-corrected chi connectivity index (χ0v) is 17.0. The first-order valence-corrected chi connectivity index (χ1v) is 10.8. The van der Waals surface area contributed by atoms with E-state index in [4.69, 9.17) is 14.7 Å². The molecule has 2 aliphatic rings. The Balaban J connectivity index is 1.52. The Bertz CT molecular complexity index is 746. The summed E-state index contributed by atoms with van der Waals surface area (Å²) in [5.74, 6) is 2.68. The average Bonchev–Trinajstić information content (AvgIpc) is 3.25. The normalized spacial score (nSPS) is 22.0. The number of hydrogen-bond donors (Lipinski definition) is 0. The summed E-state index contributed by atoms with van der Waals surface area (Å²) >= 11 is 1.77. The Morgan fingerprint density at radius 3 is 2.73 bits per heavy atom. The molecule has 2 aliphatic heterocycles. The number of aryl methyl sites for hydroxylation is 1. The molecule has 4 rings (SSSR count). The summed E-state index contributed by atoms with van der Waals surface area (Å²) in [5, 5.41) is 3.58. The molecule has 0 bridgehead atoms. The number of piperazine rings is 1. The van der Waals surface area contributed by atoms with Gasteiger partial charge in [0.05, 0.1) is 11.5 Å². The van der Waals surface area contributed by atoms with Crippen LogP contribution in [0.15, 0.2) is 5.38 Å². The Morgan fingerprint density at radius 1 is 1.23 bits per heavy atom. The first kappa shape index (κ1) is 18.1. The van der Waals surface area contributed by atoms with Crippen LogP contribution in [0.25, 0.3) is 10.2 Å². The smallest absolute Gasteiger partial charge is 0.141 e. The number of anilines is 1. The van der Waals surface area contributed by atoms with Gasteiger partial charge in [0.2, 0.25) is 0 Å². The molecule has 5 nitrogen and oxygen atoms in total. The van der Waals surface area contributed by atoms with Crippen molar-refractivity contribution < 1.29 is 4.74 Å². The van der Waals surface area contributed by atoms with Crippen molar-refractivity contribution in [2.45, 2.75) is 46.1 Å². The quantitative estimate of drug-likeness (QED) is 0.801. The van der Waals surface area contributed by atoms with Crippen molar-refractivity contribution in [1.29, 1.82) is 0 Å². The van der Waals surface area contributed by atoms with Gasteiger partial charge in [-0.15, -0.1) is 11.3 Å². The molecule has 4 heterocycles. The molecular formula is C20H30N4OS. The van der Waals surface area contributed by atoms with E-state index in [1.165, 1.54) is 23.8 Å². The largest absolute Gasteiger partial charge is 0.377 e. The van der Waals surface area contributed by atoms with E-state index in [-0.39, 0.29) is 0 Å². The van der Waals surface area contributed by atoms with E-state index in [1.807, 2.05) is 6.92 Å². The molecule has 26 heavy (non-hydrogen) atoms. The summed E-state index contributed by atoms with van der Waals surface area (Å²) in [6.45, 7) is 12.9. The van der Waals surface area contributed by atoms with Crippen molar-refractivity contribution in [2.24, 2.45) is 5.92 Å². The van der Waals surface area contributed by atoms with Crippen molar-refractivity contribution in [3.8, 4) is 0 Å². The van der Waals surface area contributed by atoms with Crippen LogP contribution in [0.2, 0.25) is 0 Å². The fourth-order valence-electron chi connectivity index (χ4n) is 4.12. The Labute approximate surface area is 160 Å². The highest BCUT2D eigenvalue weighted by Crippen LogP contribution is 2.34. The first-order valence-electron chi connectivity index (χ1n) is 9.94. The third-order valence-corrected chi connectivity index (χ3v) is 6.31. The van der Waals surface area contributed by atoms with Crippen molar-refractivity contribution in [3.63, 3.8) is 0 Å². The second-order valence-electron chi connectivity index (χ2n) is 8.06. The van der Waals surface area contributed by atoms with Crippen molar-refractivity contribution in [3.05, 3.63) is 16.8 Å². The third kappa shape index (κ3) is 3.87. The lowest BCUT2D eigenvalue weighted by atomic mass is 10.0. The molecule has 0 saturated carbocycles. The highest BCUT2D eigenvalue weighted by molar-refractivity contribution is 7.17. The second kappa shape index (κ2) is 7.79. The summed E-state index contributed by atoms with van der Waals surface area (Å²) < 4.78 is 5.81. The van der Waals surface area contributed by atoms with Gasteiger partial charge in [0, 0.05) is 39.3 Å². The number of rotatable bonds is 5. The van der Waals surface area contributed by atoms with Crippen LogP contribution in [-0.2, 0) is 11.2 Å². The van der Waals surface area contributed by atoms with Gasteiger partial charge in [-0.3, -0.25) is 4.90 Å². The van der Waals surface area contributed by atoms with Gasteiger partial charge < -0.3 is 9.64 Å². The molecule has 0 spiro atoms. The average molecular weight is 375 g/mol. The van der Waals surface area contributed by atoms with E-state index in [0.29, 0.717) is 12.0 Å².